The number of nitrogens with zero attached hydrogens (tertiary/aromatic N) is 4. The highest BCUT2D eigenvalue weighted by Gasteiger charge is 2.41. The van der Waals surface area contributed by atoms with E-state index in [1.54, 1.807) is 22.9 Å². The molecule has 178 valence electrons. The summed E-state index contributed by atoms with van der Waals surface area (Å²) in [5.41, 5.74) is 3.02. The topological polar surface area (TPSA) is 91.2 Å². The van der Waals surface area contributed by atoms with Crippen LogP contribution in [0.25, 0.3) is 5.82 Å². The highest BCUT2D eigenvalue weighted by Crippen LogP contribution is 2.36. The standard InChI is InChI=1S/C27H27N5O3/c1-19-18-20(2)32(31-19)24-12-13-25(30-29-24)35-23-10-8-22(9-11-23)28-26(33)27(14-16-34-17-15-27)21-6-4-3-5-7-21/h3-13,18H,14-17H2,1-2H3,(H,28,33). The number of nitrogens with one attached hydrogen (secondary N) is 1. The Morgan fingerprint density at radius 2 is 1.71 bits per heavy atom. The van der Waals surface area contributed by atoms with Gasteiger partial charge in [-0.15, -0.1) is 10.2 Å². The zero-order valence-electron chi connectivity index (χ0n) is 19.8. The number of carbonyl (C=O) groups is 1. The van der Waals surface area contributed by atoms with Gasteiger partial charge in [-0.1, -0.05) is 30.3 Å². The third kappa shape index (κ3) is 4.79. The van der Waals surface area contributed by atoms with Crippen molar-refractivity contribution < 1.29 is 14.3 Å². The van der Waals surface area contributed by atoms with E-state index in [9.17, 15) is 4.79 Å². The molecule has 0 bridgehead atoms. The van der Waals surface area contributed by atoms with Crippen LogP contribution in [0, 0.1) is 13.8 Å². The van der Waals surface area contributed by atoms with Gasteiger partial charge < -0.3 is 14.8 Å². The Hall–Kier alpha value is -4.04. The number of amides is 1. The zero-order chi connectivity index (χ0) is 24.3. The van der Waals surface area contributed by atoms with Gasteiger partial charge in [0.1, 0.15) is 5.75 Å². The van der Waals surface area contributed by atoms with E-state index in [1.807, 2.05) is 68.4 Å². The van der Waals surface area contributed by atoms with Gasteiger partial charge in [0.25, 0.3) is 0 Å². The Morgan fingerprint density at radius 1 is 0.971 bits per heavy atom. The molecule has 0 atom stereocenters. The van der Waals surface area contributed by atoms with E-state index in [1.165, 1.54) is 0 Å². The third-order valence-electron chi connectivity index (χ3n) is 6.29. The molecule has 2 aromatic heterocycles. The molecule has 1 saturated heterocycles. The van der Waals surface area contributed by atoms with E-state index in [2.05, 4.69) is 20.6 Å². The Bertz CT molecular complexity index is 1300. The summed E-state index contributed by atoms with van der Waals surface area (Å²) in [5, 5.41) is 15.9. The molecule has 2 aromatic carbocycles. The van der Waals surface area contributed by atoms with Crippen LogP contribution in [-0.4, -0.2) is 39.1 Å². The largest absolute Gasteiger partial charge is 0.438 e. The number of hydrogen-bond acceptors (Lipinski definition) is 6. The first-order chi connectivity index (χ1) is 17.0. The highest BCUT2D eigenvalue weighted by molar-refractivity contribution is 5.99. The fraction of sp³-hybridized carbons (Fsp3) is 0.259. The van der Waals surface area contributed by atoms with Crippen LogP contribution in [-0.2, 0) is 14.9 Å². The van der Waals surface area contributed by atoms with E-state index in [4.69, 9.17) is 9.47 Å². The minimum atomic E-state index is -0.600. The van der Waals surface area contributed by atoms with Crippen LogP contribution in [0.4, 0.5) is 5.69 Å². The predicted molar refractivity (Wildman–Crippen MR) is 132 cm³/mol. The van der Waals surface area contributed by atoms with Crippen molar-refractivity contribution in [3.63, 3.8) is 0 Å². The van der Waals surface area contributed by atoms with Crippen molar-refractivity contribution in [1.82, 2.24) is 20.0 Å². The maximum atomic E-state index is 13.4. The average molecular weight is 470 g/mol. The van der Waals surface area contributed by atoms with E-state index in [-0.39, 0.29) is 5.91 Å². The van der Waals surface area contributed by atoms with Crippen LogP contribution in [0.15, 0.2) is 72.8 Å². The molecular formula is C27H27N5O3. The SMILES string of the molecule is Cc1cc(C)n(-c2ccc(Oc3ccc(NC(=O)C4(c5ccccc5)CCOCC4)cc3)nn2)n1. The zero-order valence-corrected chi connectivity index (χ0v) is 19.8. The summed E-state index contributed by atoms with van der Waals surface area (Å²) in [7, 11) is 0. The van der Waals surface area contributed by atoms with Gasteiger partial charge in [-0.05, 0) is 68.7 Å². The minimum Gasteiger partial charge on any atom is -0.438 e. The van der Waals surface area contributed by atoms with E-state index in [0.29, 0.717) is 49.2 Å². The number of rotatable bonds is 6. The van der Waals surface area contributed by atoms with Crippen LogP contribution in [0.2, 0.25) is 0 Å². The maximum Gasteiger partial charge on any atom is 0.238 e. The number of hydrogen-bond donors (Lipinski definition) is 1. The number of aryl methyl sites for hydroxylation is 2. The predicted octanol–water partition coefficient (Wildman–Crippen LogP) is 4.76. The van der Waals surface area contributed by atoms with Gasteiger partial charge in [0.15, 0.2) is 5.82 Å². The Balaban J connectivity index is 1.26. The van der Waals surface area contributed by atoms with Gasteiger partial charge in [0.05, 0.1) is 11.1 Å². The van der Waals surface area contributed by atoms with Gasteiger partial charge in [-0.25, -0.2) is 4.68 Å². The molecule has 5 rings (SSSR count). The summed E-state index contributed by atoms with van der Waals surface area (Å²) in [6, 6.07) is 22.7. The number of benzene rings is 2. The number of ether oxygens (including phenoxy) is 2. The van der Waals surface area contributed by atoms with E-state index < -0.39 is 5.41 Å². The molecule has 35 heavy (non-hydrogen) atoms. The van der Waals surface area contributed by atoms with Gasteiger partial charge in [-0.2, -0.15) is 5.10 Å². The molecule has 1 N–H and O–H groups in total. The summed E-state index contributed by atoms with van der Waals surface area (Å²) >= 11 is 0. The lowest BCUT2D eigenvalue weighted by atomic mass is 9.73. The second kappa shape index (κ2) is 9.68. The van der Waals surface area contributed by atoms with Crippen molar-refractivity contribution in [1.29, 1.82) is 0 Å². The highest BCUT2D eigenvalue weighted by atomic mass is 16.5. The van der Waals surface area contributed by atoms with Crippen molar-refractivity contribution in [2.75, 3.05) is 18.5 Å². The lowest BCUT2D eigenvalue weighted by Gasteiger charge is -2.36. The lowest BCUT2D eigenvalue weighted by molar-refractivity contribution is -0.125. The molecule has 0 radical (unpaired) electrons. The van der Waals surface area contributed by atoms with E-state index >= 15 is 0 Å². The molecule has 4 aromatic rings. The second-order valence-electron chi connectivity index (χ2n) is 8.71. The molecule has 0 unspecified atom stereocenters. The molecule has 0 saturated carbocycles. The third-order valence-corrected chi connectivity index (χ3v) is 6.29. The summed E-state index contributed by atoms with van der Waals surface area (Å²) in [6.07, 6.45) is 1.30. The molecule has 1 fully saturated rings. The molecule has 1 aliphatic heterocycles. The molecule has 3 heterocycles. The summed E-state index contributed by atoms with van der Waals surface area (Å²) in [6.45, 7) is 5.03. The number of carbonyl (C=O) groups excluding carboxylic acids is 1. The molecule has 0 aliphatic carbocycles. The summed E-state index contributed by atoms with van der Waals surface area (Å²) in [4.78, 5) is 13.4. The first-order valence-corrected chi connectivity index (χ1v) is 11.6. The first kappa shape index (κ1) is 22.7. The molecule has 1 aliphatic rings. The molecule has 8 heteroatoms. The van der Waals surface area contributed by atoms with E-state index in [0.717, 1.165) is 17.0 Å². The Kier molecular flexibility index (Phi) is 6.29. The average Bonchev–Trinajstić information content (AvgIpc) is 3.24. The number of anilines is 1. The normalized spacial score (nSPS) is 14.9. The maximum absolute atomic E-state index is 13.4. The van der Waals surface area contributed by atoms with Crippen molar-refractivity contribution in [2.45, 2.75) is 32.1 Å². The quantitative estimate of drug-likeness (QED) is 0.438. The van der Waals surface area contributed by atoms with Crippen molar-refractivity contribution in [3.8, 4) is 17.4 Å². The van der Waals surface area contributed by atoms with Crippen molar-refractivity contribution >= 4 is 11.6 Å². The fourth-order valence-electron chi connectivity index (χ4n) is 4.44. The van der Waals surface area contributed by atoms with Crippen LogP contribution in [0.5, 0.6) is 11.6 Å². The number of aromatic nitrogens is 4. The summed E-state index contributed by atoms with van der Waals surface area (Å²) < 4.78 is 13.1. The Labute approximate surface area is 203 Å². The van der Waals surface area contributed by atoms with Gasteiger partial charge in [-0.3, -0.25) is 4.79 Å². The Morgan fingerprint density at radius 3 is 2.34 bits per heavy atom. The molecular weight excluding hydrogens is 442 g/mol. The second-order valence-corrected chi connectivity index (χ2v) is 8.71. The smallest absolute Gasteiger partial charge is 0.238 e. The summed E-state index contributed by atoms with van der Waals surface area (Å²) in [5.74, 6) is 1.57. The van der Waals surface area contributed by atoms with Gasteiger partial charge in [0, 0.05) is 30.7 Å². The van der Waals surface area contributed by atoms with Crippen LogP contribution in [0.3, 0.4) is 0 Å². The lowest BCUT2D eigenvalue weighted by Crippen LogP contribution is -2.44. The van der Waals surface area contributed by atoms with Gasteiger partial charge >= 0.3 is 0 Å². The van der Waals surface area contributed by atoms with Crippen LogP contribution >= 0.6 is 0 Å². The van der Waals surface area contributed by atoms with Crippen molar-refractivity contribution in [3.05, 3.63) is 89.7 Å². The molecule has 8 nitrogen and oxygen atoms in total. The monoisotopic (exact) mass is 469 g/mol. The van der Waals surface area contributed by atoms with Crippen molar-refractivity contribution in [2.24, 2.45) is 0 Å². The van der Waals surface area contributed by atoms with Gasteiger partial charge in [0.2, 0.25) is 11.8 Å². The fourth-order valence-corrected chi connectivity index (χ4v) is 4.44. The van der Waals surface area contributed by atoms with Crippen LogP contribution < -0.4 is 10.1 Å². The first-order valence-electron chi connectivity index (χ1n) is 11.6. The molecule has 1 amide bonds. The van der Waals surface area contributed by atoms with Crippen LogP contribution in [0.1, 0.15) is 29.8 Å². The minimum absolute atomic E-state index is 0.0220. The molecule has 0 spiro atoms.